The molecule has 0 N–H and O–H groups in total. The van der Waals surface area contributed by atoms with Crippen molar-refractivity contribution >= 4 is 39.5 Å². The molecule has 0 spiro atoms. The molecule has 0 atom stereocenters. The normalized spacial score (nSPS) is 10.6. The first-order valence-corrected chi connectivity index (χ1v) is 4.97. The first kappa shape index (κ1) is 10.3. The Morgan fingerprint density at radius 3 is 2.67 bits per heavy atom. The number of fused-ring (bicyclic) bond motifs is 1. The molecule has 0 unspecified atom stereocenters. The van der Waals surface area contributed by atoms with Crippen molar-refractivity contribution in [3.8, 4) is 0 Å². The van der Waals surface area contributed by atoms with Crippen LogP contribution in [0.25, 0.3) is 11.0 Å². The van der Waals surface area contributed by atoms with Gasteiger partial charge in [-0.05, 0) is 36.7 Å². The highest BCUT2D eigenvalue weighted by atomic mass is 35.5. The van der Waals surface area contributed by atoms with E-state index in [1.807, 2.05) is 0 Å². The van der Waals surface area contributed by atoms with Crippen LogP contribution in [0.2, 0.25) is 5.15 Å². The van der Waals surface area contributed by atoms with Gasteiger partial charge in [-0.25, -0.2) is 9.97 Å². The molecular weight excluding hydrogens is 235 g/mol. The van der Waals surface area contributed by atoms with Gasteiger partial charge < -0.3 is 0 Å². The van der Waals surface area contributed by atoms with Crippen molar-refractivity contribution in [1.29, 1.82) is 0 Å². The molecule has 1 aromatic heterocycles. The number of benzene rings is 1. The standard InChI is InChI=1S/C10H6Cl2N2O/c1-5-9(11)14-8-4-6(10(12)15)2-3-7(8)13-5/h2-4H,1H3. The molecule has 2 rings (SSSR count). The molecule has 5 heteroatoms. The second kappa shape index (κ2) is 3.76. The molecule has 1 aromatic carbocycles. The van der Waals surface area contributed by atoms with E-state index in [9.17, 15) is 4.79 Å². The lowest BCUT2D eigenvalue weighted by Crippen LogP contribution is -1.93. The van der Waals surface area contributed by atoms with Crippen LogP contribution in [-0.4, -0.2) is 15.2 Å². The number of carbonyl (C=O) groups excluding carboxylic acids is 1. The minimum atomic E-state index is -0.518. The third kappa shape index (κ3) is 1.94. The van der Waals surface area contributed by atoms with Gasteiger partial charge in [-0.3, -0.25) is 4.79 Å². The maximum absolute atomic E-state index is 10.9. The largest absolute Gasteiger partial charge is 0.276 e. The Kier molecular flexibility index (Phi) is 2.59. The van der Waals surface area contributed by atoms with Crippen molar-refractivity contribution in [2.24, 2.45) is 0 Å². The highest BCUT2D eigenvalue weighted by Crippen LogP contribution is 2.18. The van der Waals surface area contributed by atoms with Crippen molar-refractivity contribution in [1.82, 2.24) is 9.97 Å². The van der Waals surface area contributed by atoms with Crippen molar-refractivity contribution in [3.63, 3.8) is 0 Å². The first-order chi connectivity index (χ1) is 7.08. The SMILES string of the molecule is Cc1nc2ccc(C(=O)Cl)cc2nc1Cl. The van der Waals surface area contributed by atoms with Gasteiger partial charge in [-0.1, -0.05) is 11.6 Å². The third-order valence-corrected chi connectivity index (χ3v) is 2.58. The molecule has 0 saturated carbocycles. The zero-order chi connectivity index (χ0) is 11.0. The number of aryl methyl sites for hydroxylation is 1. The zero-order valence-corrected chi connectivity index (χ0v) is 9.30. The number of aromatic nitrogens is 2. The topological polar surface area (TPSA) is 42.9 Å². The van der Waals surface area contributed by atoms with Crippen molar-refractivity contribution in [2.45, 2.75) is 6.92 Å². The van der Waals surface area contributed by atoms with E-state index in [-0.39, 0.29) is 0 Å². The molecule has 15 heavy (non-hydrogen) atoms. The summed E-state index contributed by atoms with van der Waals surface area (Å²) in [5, 5.41) is -0.183. The Morgan fingerprint density at radius 2 is 2.00 bits per heavy atom. The van der Waals surface area contributed by atoms with Crippen molar-refractivity contribution in [3.05, 3.63) is 34.6 Å². The molecule has 76 valence electrons. The molecule has 0 aliphatic heterocycles. The van der Waals surface area contributed by atoms with Gasteiger partial charge >= 0.3 is 0 Å². The van der Waals surface area contributed by atoms with Gasteiger partial charge in [0.1, 0.15) is 0 Å². The van der Waals surface area contributed by atoms with E-state index >= 15 is 0 Å². The van der Waals surface area contributed by atoms with Crippen LogP contribution in [-0.2, 0) is 0 Å². The second-order valence-corrected chi connectivity index (χ2v) is 3.78. The van der Waals surface area contributed by atoms with E-state index in [2.05, 4.69) is 9.97 Å². The fraction of sp³-hybridized carbons (Fsp3) is 0.100. The number of nitrogens with zero attached hydrogens (tertiary/aromatic N) is 2. The van der Waals surface area contributed by atoms with Crippen LogP contribution in [0.3, 0.4) is 0 Å². The summed E-state index contributed by atoms with van der Waals surface area (Å²) in [4.78, 5) is 19.3. The average Bonchev–Trinajstić information content (AvgIpc) is 2.19. The summed E-state index contributed by atoms with van der Waals surface area (Å²) < 4.78 is 0. The lowest BCUT2D eigenvalue weighted by molar-refractivity contribution is 0.108. The summed E-state index contributed by atoms with van der Waals surface area (Å²) in [5.74, 6) is 0. The highest BCUT2D eigenvalue weighted by Gasteiger charge is 2.06. The van der Waals surface area contributed by atoms with Gasteiger partial charge in [-0.15, -0.1) is 0 Å². The highest BCUT2D eigenvalue weighted by molar-refractivity contribution is 6.67. The lowest BCUT2D eigenvalue weighted by atomic mass is 10.2. The summed E-state index contributed by atoms with van der Waals surface area (Å²) in [6.07, 6.45) is 0. The molecule has 0 bridgehead atoms. The van der Waals surface area contributed by atoms with E-state index < -0.39 is 5.24 Å². The Bertz CT molecular complexity index is 554. The number of hydrogen-bond donors (Lipinski definition) is 0. The summed E-state index contributed by atoms with van der Waals surface area (Å²) in [5.41, 5.74) is 2.31. The zero-order valence-electron chi connectivity index (χ0n) is 7.79. The predicted octanol–water partition coefficient (Wildman–Crippen LogP) is 2.97. The Balaban J connectivity index is 2.72. The van der Waals surface area contributed by atoms with E-state index in [0.717, 1.165) is 0 Å². The monoisotopic (exact) mass is 240 g/mol. The van der Waals surface area contributed by atoms with Crippen LogP contribution < -0.4 is 0 Å². The van der Waals surface area contributed by atoms with Gasteiger partial charge in [0.25, 0.3) is 5.24 Å². The lowest BCUT2D eigenvalue weighted by Gasteiger charge is -2.01. The fourth-order valence-corrected chi connectivity index (χ4v) is 1.49. The molecule has 0 aliphatic carbocycles. The molecule has 2 aromatic rings. The van der Waals surface area contributed by atoms with Crippen LogP contribution in [0, 0.1) is 6.92 Å². The van der Waals surface area contributed by atoms with Crippen LogP contribution in [0.4, 0.5) is 0 Å². The van der Waals surface area contributed by atoms with Crippen molar-refractivity contribution in [2.75, 3.05) is 0 Å². The smallest absolute Gasteiger partial charge is 0.252 e. The third-order valence-electron chi connectivity index (χ3n) is 2.01. The maximum Gasteiger partial charge on any atom is 0.252 e. The van der Waals surface area contributed by atoms with Gasteiger partial charge in [0.05, 0.1) is 16.7 Å². The van der Waals surface area contributed by atoms with E-state index in [0.29, 0.717) is 27.4 Å². The summed E-state index contributed by atoms with van der Waals surface area (Å²) in [6, 6.07) is 4.88. The minimum absolute atomic E-state index is 0.335. The van der Waals surface area contributed by atoms with Gasteiger partial charge in [-0.2, -0.15) is 0 Å². The Labute approximate surface area is 96.1 Å². The molecule has 1 heterocycles. The first-order valence-electron chi connectivity index (χ1n) is 4.21. The minimum Gasteiger partial charge on any atom is -0.276 e. The predicted molar refractivity (Wildman–Crippen MR) is 59.5 cm³/mol. The van der Waals surface area contributed by atoms with Crippen LogP contribution in [0.5, 0.6) is 0 Å². The van der Waals surface area contributed by atoms with Gasteiger partial charge in [0.15, 0.2) is 5.15 Å². The average molecular weight is 241 g/mol. The van der Waals surface area contributed by atoms with Gasteiger partial charge in [0.2, 0.25) is 0 Å². The Hall–Kier alpha value is -1.19. The van der Waals surface area contributed by atoms with E-state index in [1.54, 1.807) is 25.1 Å². The van der Waals surface area contributed by atoms with Crippen LogP contribution in [0.15, 0.2) is 18.2 Å². The number of halogens is 2. The van der Waals surface area contributed by atoms with Crippen LogP contribution >= 0.6 is 23.2 Å². The molecule has 0 amide bonds. The second-order valence-electron chi connectivity index (χ2n) is 3.08. The quantitative estimate of drug-likeness (QED) is 0.721. The molecule has 0 aliphatic rings. The summed E-state index contributed by atoms with van der Waals surface area (Å²) in [7, 11) is 0. The van der Waals surface area contributed by atoms with E-state index in [1.165, 1.54) is 0 Å². The number of rotatable bonds is 1. The van der Waals surface area contributed by atoms with Gasteiger partial charge in [0, 0.05) is 5.56 Å². The van der Waals surface area contributed by atoms with Crippen molar-refractivity contribution < 1.29 is 4.79 Å². The van der Waals surface area contributed by atoms with E-state index in [4.69, 9.17) is 23.2 Å². The van der Waals surface area contributed by atoms with Crippen LogP contribution in [0.1, 0.15) is 16.1 Å². The number of hydrogen-bond acceptors (Lipinski definition) is 3. The molecule has 0 radical (unpaired) electrons. The molecule has 0 fully saturated rings. The molecular formula is C10H6Cl2N2O. The maximum atomic E-state index is 10.9. The summed E-state index contributed by atoms with van der Waals surface area (Å²) >= 11 is 11.2. The Morgan fingerprint density at radius 1 is 1.27 bits per heavy atom. The molecule has 3 nitrogen and oxygen atoms in total. The number of carbonyl (C=O) groups is 1. The summed E-state index contributed by atoms with van der Waals surface area (Å²) in [6.45, 7) is 1.77. The fourth-order valence-electron chi connectivity index (χ4n) is 1.24. The molecule has 0 saturated heterocycles.